The molecule has 1 N–H and O–H groups in total. The fraction of sp³-hybridized carbons (Fsp3) is 0.250. The predicted octanol–water partition coefficient (Wildman–Crippen LogP) is 5.56. The third kappa shape index (κ3) is 4.41. The molecule has 4 heterocycles. The minimum absolute atomic E-state index is 0.0280. The maximum Gasteiger partial charge on any atom is 0.141 e. The number of aryl methyl sites for hydroxylation is 2. The summed E-state index contributed by atoms with van der Waals surface area (Å²) in [5.41, 5.74) is 5.23. The summed E-state index contributed by atoms with van der Waals surface area (Å²) in [6, 6.07) is 14.6. The summed E-state index contributed by atoms with van der Waals surface area (Å²) in [6.45, 7) is 2.50. The Morgan fingerprint density at radius 2 is 1.74 bits per heavy atom. The number of rotatable bonds is 2. The number of aromatic nitrogens is 4. The van der Waals surface area contributed by atoms with Crippen molar-refractivity contribution in [3.05, 3.63) is 72.4 Å². The fourth-order valence-electron chi connectivity index (χ4n) is 4.62. The van der Waals surface area contributed by atoms with Crippen molar-refractivity contribution in [3.63, 3.8) is 0 Å². The highest BCUT2D eigenvalue weighted by Crippen LogP contribution is 2.38. The maximum atomic E-state index is 14.4. The van der Waals surface area contributed by atoms with E-state index in [1.54, 1.807) is 6.07 Å². The van der Waals surface area contributed by atoms with E-state index in [-0.39, 0.29) is 5.56 Å². The van der Waals surface area contributed by atoms with Gasteiger partial charge in [-0.2, -0.15) is 10.4 Å². The molecule has 6 nitrogen and oxygen atoms in total. The van der Waals surface area contributed by atoms with Gasteiger partial charge in [0.05, 0.1) is 34.7 Å². The van der Waals surface area contributed by atoms with E-state index >= 15 is 0 Å². The van der Waals surface area contributed by atoms with Crippen LogP contribution in [0.25, 0.3) is 44.2 Å². The lowest BCUT2D eigenvalue weighted by molar-refractivity contribution is 0.520. The third-order valence-corrected chi connectivity index (χ3v) is 6.55. The topological polar surface area (TPSA) is 71.5 Å². The van der Waals surface area contributed by atoms with Gasteiger partial charge in [-0.3, -0.25) is 9.67 Å². The first-order chi connectivity index (χ1) is 17.1. The first kappa shape index (κ1) is 22.8. The Morgan fingerprint density at radius 1 is 0.943 bits per heavy atom. The third-order valence-electron chi connectivity index (χ3n) is 6.55. The molecule has 0 aliphatic carbocycles. The molecule has 35 heavy (non-hydrogen) atoms. The minimum Gasteiger partial charge on any atom is -0.349 e. The van der Waals surface area contributed by atoms with E-state index in [1.165, 1.54) is 44.5 Å². The summed E-state index contributed by atoms with van der Waals surface area (Å²) in [7, 11) is 3.86. The molecule has 0 radical (unpaired) electrons. The average molecular weight is 467 g/mol. The van der Waals surface area contributed by atoms with Gasteiger partial charge in [0.15, 0.2) is 0 Å². The SMILES string of the molecule is C1CCNCC1.Cn1ccc2c(-c3ccc(C#N)c(F)c3)c(-c3ccc4c(cnn4C)c3)ncc21. The van der Waals surface area contributed by atoms with Crippen LogP contribution in [0.4, 0.5) is 4.39 Å². The second-order valence-corrected chi connectivity index (χ2v) is 8.87. The van der Waals surface area contributed by atoms with Gasteiger partial charge in [0.25, 0.3) is 0 Å². The van der Waals surface area contributed by atoms with E-state index in [0.29, 0.717) is 5.56 Å². The molecule has 0 bridgehead atoms. The molecular weight excluding hydrogens is 439 g/mol. The van der Waals surface area contributed by atoms with Crippen LogP contribution in [0.5, 0.6) is 0 Å². The van der Waals surface area contributed by atoms with Gasteiger partial charge in [-0.1, -0.05) is 18.6 Å². The highest BCUT2D eigenvalue weighted by atomic mass is 19.1. The molecule has 176 valence electrons. The summed E-state index contributed by atoms with van der Waals surface area (Å²) in [5.74, 6) is -0.536. The van der Waals surface area contributed by atoms with Crippen molar-refractivity contribution in [3.8, 4) is 28.5 Å². The fourth-order valence-corrected chi connectivity index (χ4v) is 4.62. The Hall–Kier alpha value is -4.02. The van der Waals surface area contributed by atoms with E-state index in [1.807, 2.05) is 72.3 Å². The van der Waals surface area contributed by atoms with Crippen molar-refractivity contribution in [2.75, 3.05) is 13.1 Å². The molecule has 0 saturated carbocycles. The molecule has 7 heteroatoms. The molecule has 0 unspecified atom stereocenters. The molecule has 6 rings (SSSR count). The molecule has 1 fully saturated rings. The molecule has 0 amide bonds. The first-order valence-corrected chi connectivity index (χ1v) is 11.8. The van der Waals surface area contributed by atoms with Crippen LogP contribution in [0.2, 0.25) is 0 Å². The van der Waals surface area contributed by atoms with Crippen LogP contribution in [0.1, 0.15) is 24.8 Å². The number of benzene rings is 2. The van der Waals surface area contributed by atoms with Crippen molar-refractivity contribution in [2.24, 2.45) is 14.1 Å². The normalized spacial score (nSPS) is 13.4. The molecular formula is C28H27FN6. The van der Waals surface area contributed by atoms with Crippen LogP contribution < -0.4 is 5.32 Å². The van der Waals surface area contributed by atoms with Gasteiger partial charge in [-0.15, -0.1) is 0 Å². The number of hydrogen-bond acceptors (Lipinski definition) is 4. The zero-order valence-corrected chi connectivity index (χ0v) is 19.9. The smallest absolute Gasteiger partial charge is 0.141 e. The molecule has 1 saturated heterocycles. The average Bonchev–Trinajstić information content (AvgIpc) is 3.46. The molecule has 2 aromatic carbocycles. The summed E-state index contributed by atoms with van der Waals surface area (Å²) >= 11 is 0. The zero-order valence-electron chi connectivity index (χ0n) is 19.9. The maximum absolute atomic E-state index is 14.4. The Balaban J connectivity index is 0.000000371. The first-order valence-electron chi connectivity index (χ1n) is 11.8. The number of pyridine rings is 1. The number of piperidine rings is 1. The van der Waals surface area contributed by atoms with E-state index in [9.17, 15) is 4.39 Å². The van der Waals surface area contributed by atoms with Crippen molar-refractivity contribution in [1.82, 2.24) is 24.6 Å². The summed E-state index contributed by atoms with van der Waals surface area (Å²) in [6.07, 6.45) is 9.83. The Kier molecular flexibility index (Phi) is 6.30. The highest BCUT2D eigenvalue weighted by molar-refractivity contribution is 6.02. The number of hydrogen-bond donors (Lipinski definition) is 1. The monoisotopic (exact) mass is 466 g/mol. The lowest BCUT2D eigenvalue weighted by Gasteiger charge is -2.12. The predicted molar refractivity (Wildman–Crippen MR) is 137 cm³/mol. The quantitative estimate of drug-likeness (QED) is 0.369. The standard InChI is InChI=1S/C23H16FN5.C5H11N/c1-28-8-7-18-21(28)13-26-23(15-5-6-20-17(9-15)12-27-29(20)2)22(18)14-3-4-16(11-25)19(24)10-14;1-2-4-6-5-3-1/h3-10,12-13H,1-2H3;6H,1-5H2. The van der Waals surface area contributed by atoms with Gasteiger partial charge in [0.1, 0.15) is 11.9 Å². The highest BCUT2D eigenvalue weighted by Gasteiger charge is 2.17. The molecule has 1 aliphatic heterocycles. The lowest BCUT2D eigenvalue weighted by Crippen LogP contribution is -2.21. The lowest BCUT2D eigenvalue weighted by atomic mass is 9.95. The Bertz CT molecular complexity index is 1540. The van der Waals surface area contributed by atoms with Crippen molar-refractivity contribution in [1.29, 1.82) is 5.26 Å². The second-order valence-electron chi connectivity index (χ2n) is 8.87. The molecule has 0 atom stereocenters. The van der Waals surface area contributed by atoms with E-state index < -0.39 is 5.82 Å². The van der Waals surface area contributed by atoms with Gasteiger partial charge in [0, 0.05) is 42.2 Å². The number of fused-ring (bicyclic) bond motifs is 2. The number of nitrogens with zero attached hydrogens (tertiary/aromatic N) is 5. The summed E-state index contributed by atoms with van der Waals surface area (Å²) < 4.78 is 18.2. The van der Waals surface area contributed by atoms with Crippen molar-refractivity contribution in [2.45, 2.75) is 19.3 Å². The van der Waals surface area contributed by atoms with Crippen LogP contribution in [0, 0.1) is 17.1 Å². The van der Waals surface area contributed by atoms with E-state index in [0.717, 1.165) is 38.6 Å². The van der Waals surface area contributed by atoms with Gasteiger partial charge in [-0.05, 0) is 61.8 Å². The number of halogens is 1. The Morgan fingerprint density at radius 3 is 2.43 bits per heavy atom. The van der Waals surface area contributed by atoms with E-state index in [4.69, 9.17) is 10.2 Å². The summed E-state index contributed by atoms with van der Waals surface area (Å²) in [5, 5.41) is 18.7. The number of nitrogens with one attached hydrogen (secondary N) is 1. The van der Waals surface area contributed by atoms with Gasteiger partial charge >= 0.3 is 0 Å². The van der Waals surface area contributed by atoms with Gasteiger partial charge in [0.2, 0.25) is 0 Å². The zero-order chi connectivity index (χ0) is 24.4. The van der Waals surface area contributed by atoms with Crippen LogP contribution in [0.3, 0.4) is 0 Å². The molecule has 0 spiro atoms. The van der Waals surface area contributed by atoms with Crippen LogP contribution >= 0.6 is 0 Å². The van der Waals surface area contributed by atoms with Crippen molar-refractivity contribution >= 4 is 21.8 Å². The summed E-state index contributed by atoms with van der Waals surface area (Å²) in [4.78, 5) is 4.74. The minimum atomic E-state index is -0.536. The van der Waals surface area contributed by atoms with Gasteiger partial charge in [-0.25, -0.2) is 4.39 Å². The van der Waals surface area contributed by atoms with Crippen molar-refractivity contribution < 1.29 is 4.39 Å². The number of nitriles is 1. The van der Waals surface area contributed by atoms with Crippen LogP contribution in [-0.4, -0.2) is 32.4 Å². The molecule has 1 aliphatic rings. The molecule has 5 aromatic rings. The van der Waals surface area contributed by atoms with Crippen LogP contribution in [-0.2, 0) is 14.1 Å². The van der Waals surface area contributed by atoms with E-state index in [2.05, 4.69) is 10.4 Å². The van der Waals surface area contributed by atoms with Crippen LogP contribution in [0.15, 0.2) is 61.1 Å². The second kappa shape index (κ2) is 9.69. The molecule has 3 aromatic heterocycles. The Labute approximate surface area is 203 Å². The van der Waals surface area contributed by atoms with Gasteiger partial charge < -0.3 is 9.88 Å². The largest absolute Gasteiger partial charge is 0.349 e.